The topological polar surface area (TPSA) is 49.4 Å². The number of rotatable bonds is 3. The van der Waals surface area contributed by atoms with Crippen molar-refractivity contribution in [1.82, 2.24) is 10.2 Å². The van der Waals surface area contributed by atoms with Crippen LogP contribution in [0.2, 0.25) is 0 Å². The smallest absolute Gasteiger partial charge is 0.253 e. The molecule has 2 heterocycles. The van der Waals surface area contributed by atoms with E-state index in [2.05, 4.69) is 5.32 Å². The van der Waals surface area contributed by atoms with Crippen molar-refractivity contribution in [2.45, 2.75) is 19.0 Å². The van der Waals surface area contributed by atoms with Crippen molar-refractivity contribution in [3.05, 3.63) is 58.3 Å². The number of nitrogens with one attached hydrogen (secondary N) is 1. The average molecular weight is 300 g/mol. The van der Waals surface area contributed by atoms with Gasteiger partial charge < -0.3 is 10.2 Å². The highest BCUT2D eigenvalue weighted by atomic mass is 32.1. The summed E-state index contributed by atoms with van der Waals surface area (Å²) in [5, 5.41) is 4.81. The molecule has 1 aromatic heterocycles. The third-order valence-corrected chi connectivity index (χ3v) is 4.58. The molecule has 2 aromatic rings. The maximum atomic E-state index is 12.8. The number of thiophene rings is 1. The molecule has 1 N–H and O–H groups in total. The second-order valence-corrected chi connectivity index (χ2v) is 6.31. The molecule has 1 aliphatic rings. The van der Waals surface area contributed by atoms with E-state index in [4.69, 9.17) is 0 Å². The van der Waals surface area contributed by atoms with Crippen molar-refractivity contribution in [2.24, 2.45) is 0 Å². The minimum absolute atomic E-state index is 0.0679. The first-order valence-electron chi connectivity index (χ1n) is 6.78. The Hall–Kier alpha value is -2.14. The summed E-state index contributed by atoms with van der Waals surface area (Å²) >= 11 is 1.59. The highest BCUT2D eigenvalue weighted by Gasteiger charge is 2.44. The van der Waals surface area contributed by atoms with Gasteiger partial charge in [0.05, 0.1) is 6.54 Å². The molecule has 0 spiro atoms. The van der Waals surface area contributed by atoms with E-state index in [1.807, 2.05) is 47.8 Å². The Morgan fingerprint density at radius 2 is 1.95 bits per heavy atom. The van der Waals surface area contributed by atoms with Crippen LogP contribution < -0.4 is 5.32 Å². The molecule has 2 amide bonds. The second kappa shape index (κ2) is 5.33. The first-order chi connectivity index (χ1) is 10.1. The Bertz CT molecular complexity index is 654. The van der Waals surface area contributed by atoms with E-state index >= 15 is 0 Å². The molecule has 1 fully saturated rings. The summed E-state index contributed by atoms with van der Waals surface area (Å²) in [5.74, 6) is -0.195. The number of hydrogen-bond donors (Lipinski definition) is 1. The van der Waals surface area contributed by atoms with Crippen LogP contribution >= 0.6 is 11.3 Å². The summed E-state index contributed by atoms with van der Waals surface area (Å²) in [6.45, 7) is 2.36. The Balaban J connectivity index is 1.91. The quantitative estimate of drug-likeness (QED) is 0.944. The molecule has 3 rings (SSSR count). The molecule has 1 aromatic carbocycles. The van der Waals surface area contributed by atoms with E-state index in [0.29, 0.717) is 6.54 Å². The van der Waals surface area contributed by atoms with Gasteiger partial charge >= 0.3 is 0 Å². The molecule has 1 atom stereocenters. The lowest BCUT2D eigenvalue weighted by Gasteiger charge is -2.40. The lowest BCUT2D eigenvalue weighted by molar-refractivity contribution is -0.150. The van der Waals surface area contributed by atoms with E-state index in [9.17, 15) is 9.59 Å². The third kappa shape index (κ3) is 2.56. The van der Waals surface area contributed by atoms with Gasteiger partial charge in [0.15, 0.2) is 0 Å². The van der Waals surface area contributed by atoms with E-state index in [-0.39, 0.29) is 18.4 Å². The molecule has 21 heavy (non-hydrogen) atoms. The fourth-order valence-corrected chi connectivity index (χ4v) is 3.34. The van der Waals surface area contributed by atoms with Gasteiger partial charge in [-0.1, -0.05) is 36.4 Å². The molecule has 5 heteroatoms. The van der Waals surface area contributed by atoms with Gasteiger partial charge in [-0.2, -0.15) is 0 Å². The average Bonchev–Trinajstić information content (AvgIpc) is 2.98. The van der Waals surface area contributed by atoms with E-state index in [1.54, 1.807) is 23.2 Å². The Kier molecular flexibility index (Phi) is 3.51. The van der Waals surface area contributed by atoms with Gasteiger partial charge in [-0.05, 0) is 23.9 Å². The lowest BCUT2D eigenvalue weighted by Crippen LogP contribution is -2.62. The molecule has 4 nitrogen and oxygen atoms in total. The molecule has 1 saturated heterocycles. The second-order valence-electron chi connectivity index (χ2n) is 5.28. The number of benzene rings is 1. The van der Waals surface area contributed by atoms with Gasteiger partial charge in [-0.15, -0.1) is 11.3 Å². The molecule has 108 valence electrons. The van der Waals surface area contributed by atoms with Crippen molar-refractivity contribution in [1.29, 1.82) is 0 Å². The predicted octanol–water partition coefficient (Wildman–Crippen LogP) is 2.12. The maximum absolute atomic E-state index is 12.8. The zero-order chi connectivity index (χ0) is 14.9. The zero-order valence-electron chi connectivity index (χ0n) is 11.7. The van der Waals surface area contributed by atoms with Crippen LogP contribution in [0.5, 0.6) is 0 Å². The first-order valence-corrected chi connectivity index (χ1v) is 7.66. The minimum Gasteiger partial charge on any atom is -0.337 e. The third-order valence-electron chi connectivity index (χ3n) is 3.72. The van der Waals surface area contributed by atoms with E-state index < -0.39 is 5.54 Å². The van der Waals surface area contributed by atoms with Crippen LogP contribution in [0, 0.1) is 0 Å². The monoisotopic (exact) mass is 300 g/mol. The van der Waals surface area contributed by atoms with Crippen molar-refractivity contribution in [3.63, 3.8) is 0 Å². The number of hydrogen-bond acceptors (Lipinski definition) is 3. The van der Waals surface area contributed by atoms with Crippen LogP contribution in [0.25, 0.3) is 0 Å². The summed E-state index contributed by atoms with van der Waals surface area (Å²) in [5.41, 5.74) is -0.187. The Labute approximate surface area is 127 Å². The predicted molar refractivity (Wildman–Crippen MR) is 81.7 cm³/mol. The van der Waals surface area contributed by atoms with Crippen LogP contribution in [-0.4, -0.2) is 23.3 Å². The van der Waals surface area contributed by atoms with Crippen molar-refractivity contribution >= 4 is 23.2 Å². The molecular formula is C16H16N2O2S. The van der Waals surface area contributed by atoms with Crippen LogP contribution in [0.15, 0.2) is 47.8 Å². The van der Waals surface area contributed by atoms with Gasteiger partial charge in [0, 0.05) is 4.88 Å². The van der Waals surface area contributed by atoms with Gasteiger partial charge in [0.25, 0.3) is 5.91 Å². The Morgan fingerprint density at radius 3 is 2.62 bits per heavy atom. The highest BCUT2D eigenvalue weighted by molar-refractivity contribution is 7.09. The number of carbonyl (C=O) groups excluding carboxylic acids is 2. The van der Waals surface area contributed by atoms with Gasteiger partial charge in [0.1, 0.15) is 12.1 Å². The summed E-state index contributed by atoms with van der Waals surface area (Å²) in [4.78, 5) is 27.6. The zero-order valence-corrected chi connectivity index (χ0v) is 12.5. The van der Waals surface area contributed by atoms with Gasteiger partial charge in [0.2, 0.25) is 5.91 Å². The van der Waals surface area contributed by atoms with E-state index in [1.165, 1.54) is 0 Å². The van der Waals surface area contributed by atoms with Crippen molar-refractivity contribution < 1.29 is 9.59 Å². The largest absolute Gasteiger partial charge is 0.337 e. The van der Waals surface area contributed by atoms with Crippen molar-refractivity contribution in [2.75, 3.05) is 6.54 Å². The molecule has 1 aliphatic heterocycles. The normalized spacial score (nSPS) is 22.2. The fourth-order valence-electron chi connectivity index (χ4n) is 2.62. The highest BCUT2D eigenvalue weighted by Crippen LogP contribution is 2.27. The standard InChI is InChI=1S/C16H16N2O2S/c1-16(12-6-3-2-4-7-12)15(20)18(11-14(19)17-16)10-13-8-5-9-21-13/h2-9H,10-11H2,1H3,(H,17,19). The SMILES string of the molecule is CC1(c2ccccc2)NC(=O)CN(Cc2cccs2)C1=O. The molecule has 0 radical (unpaired) electrons. The summed E-state index contributed by atoms with van der Waals surface area (Å²) in [7, 11) is 0. The van der Waals surface area contributed by atoms with Crippen LogP contribution in [0.3, 0.4) is 0 Å². The number of carbonyl (C=O) groups is 2. The number of piperazine rings is 1. The fraction of sp³-hybridized carbons (Fsp3) is 0.250. The van der Waals surface area contributed by atoms with Crippen LogP contribution in [-0.2, 0) is 21.7 Å². The molecule has 0 bridgehead atoms. The van der Waals surface area contributed by atoms with Gasteiger partial charge in [-0.3, -0.25) is 9.59 Å². The Morgan fingerprint density at radius 1 is 1.19 bits per heavy atom. The first kappa shape index (κ1) is 13.8. The van der Waals surface area contributed by atoms with Crippen molar-refractivity contribution in [3.8, 4) is 0 Å². The lowest BCUT2D eigenvalue weighted by atomic mass is 9.88. The van der Waals surface area contributed by atoms with Crippen LogP contribution in [0.4, 0.5) is 0 Å². The number of nitrogens with zero attached hydrogens (tertiary/aromatic N) is 1. The molecule has 0 saturated carbocycles. The minimum atomic E-state index is -0.992. The van der Waals surface area contributed by atoms with Gasteiger partial charge in [-0.25, -0.2) is 0 Å². The maximum Gasteiger partial charge on any atom is 0.253 e. The molecular weight excluding hydrogens is 284 g/mol. The van der Waals surface area contributed by atoms with E-state index in [0.717, 1.165) is 10.4 Å². The summed E-state index contributed by atoms with van der Waals surface area (Å²) in [6.07, 6.45) is 0. The molecule has 1 unspecified atom stereocenters. The van der Waals surface area contributed by atoms with Crippen LogP contribution in [0.1, 0.15) is 17.4 Å². The molecule has 0 aliphatic carbocycles. The summed E-state index contributed by atoms with van der Waals surface area (Å²) in [6, 6.07) is 13.3. The summed E-state index contributed by atoms with van der Waals surface area (Å²) < 4.78 is 0. The number of amides is 2.